The quantitative estimate of drug-likeness (QED) is 0.237. The Kier molecular flexibility index (Phi) is 8.57. The molecule has 7 nitrogen and oxygen atoms in total. The highest BCUT2D eigenvalue weighted by Crippen LogP contribution is 2.37. The van der Waals surface area contributed by atoms with Gasteiger partial charge in [0.15, 0.2) is 0 Å². The van der Waals surface area contributed by atoms with Crippen molar-refractivity contribution in [2.75, 3.05) is 26.7 Å². The summed E-state index contributed by atoms with van der Waals surface area (Å²) >= 11 is 0. The number of rotatable bonds is 10. The topological polar surface area (TPSA) is 75.9 Å². The lowest BCUT2D eigenvalue weighted by molar-refractivity contribution is -0.385. The molecule has 0 aromatic heterocycles. The van der Waals surface area contributed by atoms with E-state index in [-0.39, 0.29) is 34.3 Å². The van der Waals surface area contributed by atoms with Crippen LogP contribution in [0.25, 0.3) is 0 Å². The van der Waals surface area contributed by atoms with E-state index in [2.05, 4.69) is 34.1 Å². The van der Waals surface area contributed by atoms with Gasteiger partial charge in [-0.3, -0.25) is 19.8 Å². The molecule has 1 saturated carbocycles. The first-order valence-corrected chi connectivity index (χ1v) is 13.9. The number of para-hydroxylation sites is 1. The Balaban J connectivity index is 1.42. The Labute approximate surface area is 230 Å². The highest BCUT2D eigenvalue weighted by Gasteiger charge is 2.38. The van der Waals surface area contributed by atoms with Crippen molar-refractivity contribution in [1.29, 1.82) is 0 Å². The lowest BCUT2D eigenvalue weighted by Crippen LogP contribution is -2.40. The molecule has 0 radical (unpaired) electrons. The van der Waals surface area contributed by atoms with Crippen LogP contribution in [0.3, 0.4) is 0 Å². The fourth-order valence-corrected chi connectivity index (χ4v) is 6.34. The Morgan fingerprint density at radius 1 is 1.00 bits per heavy atom. The molecule has 39 heavy (non-hydrogen) atoms. The van der Waals surface area contributed by atoms with E-state index in [1.54, 1.807) is 19.2 Å². The van der Waals surface area contributed by atoms with Gasteiger partial charge in [-0.15, -0.1) is 0 Å². The van der Waals surface area contributed by atoms with Crippen LogP contribution in [0.5, 0.6) is 5.75 Å². The molecule has 3 aromatic carbocycles. The third kappa shape index (κ3) is 6.48. The summed E-state index contributed by atoms with van der Waals surface area (Å²) in [5.74, 6) is 1.55. The highest BCUT2D eigenvalue weighted by molar-refractivity contribution is 5.79. The van der Waals surface area contributed by atoms with Crippen LogP contribution in [0.2, 0.25) is 0 Å². The highest BCUT2D eigenvalue weighted by atomic mass is 16.6. The van der Waals surface area contributed by atoms with Gasteiger partial charge in [0, 0.05) is 56.2 Å². The van der Waals surface area contributed by atoms with E-state index in [1.807, 2.05) is 42.5 Å². The molecule has 1 heterocycles. The van der Waals surface area contributed by atoms with Crippen LogP contribution in [0.4, 0.5) is 5.69 Å². The lowest BCUT2D eigenvalue weighted by atomic mass is 9.88. The van der Waals surface area contributed by atoms with Crippen molar-refractivity contribution in [3.63, 3.8) is 0 Å². The van der Waals surface area contributed by atoms with Gasteiger partial charge in [0.25, 0.3) is 5.69 Å². The first-order chi connectivity index (χ1) is 19.0. The van der Waals surface area contributed by atoms with E-state index in [1.165, 1.54) is 5.56 Å². The largest absolute Gasteiger partial charge is 0.497 e. The van der Waals surface area contributed by atoms with Crippen LogP contribution < -0.4 is 4.74 Å². The molecule has 0 bridgehead atoms. The van der Waals surface area contributed by atoms with E-state index in [9.17, 15) is 14.9 Å². The van der Waals surface area contributed by atoms with Crippen LogP contribution in [-0.4, -0.2) is 47.4 Å². The molecule has 1 saturated heterocycles. The number of hydrogen-bond acceptors (Lipinski definition) is 5. The van der Waals surface area contributed by atoms with Gasteiger partial charge in [-0.05, 0) is 42.0 Å². The van der Waals surface area contributed by atoms with Gasteiger partial charge in [0.1, 0.15) is 5.75 Å². The average molecular weight is 528 g/mol. The number of hydrogen-bond donors (Lipinski definition) is 0. The molecular formula is C32H37N3O4. The fourth-order valence-electron chi connectivity index (χ4n) is 6.34. The summed E-state index contributed by atoms with van der Waals surface area (Å²) in [6.07, 6.45) is 4.18. The normalized spacial score (nSPS) is 19.7. The van der Waals surface area contributed by atoms with Gasteiger partial charge >= 0.3 is 0 Å². The predicted octanol–water partition coefficient (Wildman–Crippen LogP) is 6.04. The minimum Gasteiger partial charge on any atom is -0.497 e. The lowest BCUT2D eigenvalue weighted by Gasteiger charge is -2.31. The maximum absolute atomic E-state index is 13.8. The second kappa shape index (κ2) is 12.4. The summed E-state index contributed by atoms with van der Waals surface area (Å²) in [5, 5.41) is 11.7. The minimum absolute atomic E-state index is 0.105. The number of nitro benzene ring substituents is 1. The zero-order valence-electron chi connectivity index (χ0n) is 22.6. The van der Waals surface area contributed by atoms with Crippen molar-refractivity contribution < 1.29 is 14.5 Å². The summed E-state index contributed by atoms with van der Waals surface area (Å²) in [5.41, 5.74) is 3.19. The summed E-state index contributed by atoms with van der Waals surface area (Å²) in [6, 6.07) is 25.4. The minimum atomic E-state index is -0.301. The van der Waals surface area contributed by atoms with Gasteiger partial charge in [-0.1, -0.05) is 73.5 Å². The first kappa shape index (κ1) is 26.9. The Hall–Kier alpha value is -3.71. The van der Waals surface area contributed by atoms with Crippen molar-refractivity contribution in [1.82, 2.24) is 9.80 Å². The van der Waals surface area contributed by atoms with E-state index < -0.39 is 0 Å². The van der Waals surface area contributed by atoms with E-state index in [0.717, 1.165) is 55.6 Å². The van der Waals surface area contributed by atoms with E-state index in [0.29, 0.717) is 19.6 Å². The van der Waals surface area contributed by atoms with Crippen molar-refractivity contribution in [2.24, 2.45) is 11.8 Å². The number of nitrogens with zero attached hydrogens (tertiary/aromatic N) is 3. The Morgan fingerprint density at radius 2 is 1.74 bits per heavy atom. The monoisotopic (exact) mass is 527 g/mol. The molecule has 7 heteroatoms. The molecule has 0 spiro atoms. The molecule has 2 unspecified atom stereocenters. The smallest absolute Gasteiger partial charge is 0.273 e. The summed E-state index contributed by atoms with van der Waals surface area (Å²) < 4.78 is 5.53. The molecule has 2 atom stereocenters. The third-order valence-corrected chi connectivity index (χ3v) is 8.31. The Morgan fingerprint density at radius 3 is 2.49 bits per heavy atom. The number of ether oxygens (including phenoxy) is 1. The van der Waals surface area contributed by atoms with Gasteiger partial charge in [0.05, 0.1) is 12.0 Å². The number of nitro groups is 1. The van der Waals surface area contributed by atoms with Gasteiger partial charge in [-0.2, -0.15) is 0 Å². The first-order valence-electron chi connectivity index (χ1n) is 13.9. The number of benzene rings is 3. The molecule has 3 aromatic rings. The van der Waals surface area contributed by atoms with E-state index >= 15 is 0 Å². The van der Waals surface area contributed by atoms with Crippen molar-refractivity contribution in [3.05, 3.63) is 106 Å². The van der Waals surface area contributed by atoms with Crippen LogP contribution in [-0.2, 0) is 17.9 Å². The van der Waals surface area contributed by atoms with Gasteiger partial charge < -0.3 is 9.64 Å². The second-order valence-electron chi connectivity index (χ2n) is 10.9. The molecule has 1 aliphatic carbocycles. The molecule has 1 amide bonds. The number of carbonyl (C=O) groups excluding carboxylic acids is 1. The predicted molar refractivity (Wildman–Crippen MR) is 151 cm³/mol. The number of likely N-dealkylation sites (tertiary alicyclic amines) is 1. The van der Waals surface area contributed by atoms with Crippen molar-refractivity contribution >= 4 is 11.6 Å². The zero-order chi connectivity index (χ0) is 27.2. The fraction of sp³-hybridized carbons (Fsp3) is 0.406. The molecule has 204 valence electrons. The Bertz CT molecular complexity index is 1280. The van der Waals surface area contributed by atoms with E-state index in [4.69, 9.17) is 4.74 Å². The SMILES string of the molecule is COc1cccc(C2CN(Cc3ccccc3[N+](=O)[O-])CC2CN(Cc2ccccc2)C(=O)C2CCCC2)c1. The van der Waals surface area contributed by atoms with Crippen LogP contribution >= 0.6 is 0 Å². The maximum atomic E-state index is 13.8. The molecule has 2 aliphatic rings. The van der Waals surface area contributed by atoms with Crippen LogP contribution in [0.1, 0.15) is 48.3 Å². The van der Waals surface area contributed by atoms with Crippen LogP contribution in [0, 0.1) is 22.0 Å². The number of carbonyl (C=O) groups is 1. The van der Waals surface area contributed by atoms with Gasteiger partial charge in [-0.25, -0.2) is 0 Å². The molecule has 2 fully saturated rings. The zero-order valence-corrected chi connectivity index (χ0v) is 22.6. The molecule has 0 N–H and O–H groups in total. The third-order valence-electron chi connectivity index (χ3n) is 8.31. The second-order valence-corrected chi connectivity index (χ2v) is 10.9. The maximum Gasteiger partial charge on any atom is 0.273 e. The average Bonchev–Trinajstić information content (AvgIpc) is 3.64. The van der Waals surface area contributed by atoms with Crippen molar-refractivity contribution in [2.45, 2.75) is 44.7 Å². The summed E-state index contributed by atoms with van der Waals surface area (Å²) in [6.45, 7) is 3.28. The molecule has 5 rings (SSSR count). The van der Waals surface area contributed by atoms with Crippen molar-refractivity contribution in [3.8, 4) is 5.75 Å². The summed E-state index contributed by atoms with van der Waals surface area (Å²) in [7, 11) is 1.67. The van der Waals surface area contributed by atoms with Crippen LogP contribution in [0.15, 0.2) is 78.9 Å². The summed E-state index contributed by atoms with van der Waals surface area (Å²) in [4.78, 5) is 29.5. The number of amides is 1. The number of methoxy groups -OCH3 is 1. The molecular weight excluding hydrogens is 490 g/mol. The molecule has 1 aliphatic heterocycles. The van der Waals surface area contributed by atoms with Gasteiger partial charge in [0.2, 0.25) is 5.91 Å². The standard InChI is InChI=1S/C32H37N3O4/c1-39-29-16-9-15-26(18-29)30-23-33(20-27-14-7-8-17-31(27)35(37)38)21-28(30)22-34(19-24-10-3-2-4-11-24)32(36)25-12-5-6-13-25/h2-4,7-11,14-18,25,28,30H,5-6,12-13,19-23H2,1H3.